The normalized spacial score (nSPS) is 36.1. The summed E-state index contributed by atoms with van der Waals surface area (Å²) in [6, 6.07) is 11.0. The molecular weight excluding hydrogens is 194 g/mol. The van der Waals surface area contributed by atoms with E-state index in [4.69, 9.17) is 0 Å². The van der Waals surface area contributed by atoms with Crippen molar-refractivity contribution < 1.29 is 0 Å². The maximum Gasteiger partial charge on any atom is -0.00143 e. The van der Waals surface area contributed by atoms with Crippen LogP contribution < -0.4 is 5.32 Å². The van der Waals surface area contributed by atoms with Gasteiger partial charge in [-0.1, -0.05) is 37.3 Å². The number of nitrogens with one attached hydrogen (secondary N) is 1. The Labute approximate surface area is 98.3 Å². The molecule has 0 amide bonds. The highest BCUT2D eigenvalue weighted by atomic mass is 14.9. The van der Waals surface area contributed by atoms with E-state index in [0.29, 0.717) is 0 Å². The van der Waals surface area contributed by atoms with Gasteiger partial charge in [0.05, 0.1) is 0 Å². The minimum Gasteiger partial charge on any atom is -0.316 e. The summed E-state index contributed by atoms with van der Waals surface area (Å²) in [7, 11) is 0. The lowest BCUT2D eigenvalue weighted by atomic mass is 10.1. The third-order valence-corrected chi connectivity index (χ3v) is 4.24. The Morgan fingerprint density at radius 2 is 1.75 bits per heavy atom. The second-order valence-electron chi connectivity index (χ2n) is 5.64. The molecule has 0 spiro atoms. The van der Waals surface area contributed by atoms with Gasteiger partial charge in [0.15, 0.2) is 0 Å². The standard InChI is InChI=1S/C15H21N/c1-11-7-13(11)9-16-10-14-8-15(14)12-5-3-2-4-6-12/h2-6,11,13-16H,7-10H2,1H3. The molecule has 3 rings (SSSR count). The number of benzene rings is 1. The first-order valence-electron chi connectivity index (χ1n) is 6.60. The highest BCUT2D eigenvalue weighted by Gasteiger charge is 2.38. The molecule has 0 saturated heterocycles. The van der Waals surface area contributed by atoms with Gasteiger partial charge in [0.1, 0.15) is 0 Å². The van der Waals surface area contributed by atoms with Gasteiger partial charge in [-0.2, -0.15) is 0 Å². The van der Waals surface area contributed by atoms with Gasteiger partial charge >= 0.3 is 0 Å². The van der Waals surface area contributed by atoms with Crippen LogP contribution in [-0.2, 0) is 0 Å². The Morgan fingerprint density at radius 1 is 1.06 bits per heavy atom. The molecule has 1 nitrogen and oxygen atoms in total. The van der Waals surface area contributed by atoms with Crippen molar-refractivity contribution in [1.82, 2.24) is 5.32 Å². The molecule has 4 atom stereocenters. The molecule has 86 valence electrons. The smallest absolute Gasteiger partial charge is 0.00143 e. The predicted molar refractivity (Wildman–Crippen MR) is 67.4 cm³/mol. The third kappa shape index (κ3) is 2.30. The Kier molecular flexibility index (Phi) is 2.72. The molecule has 2 aliphatic carbocycles. The molecule has 0 aliphatic heterocycles. The van der Waals surface area contributed by atoms with Gasteiger partial charge < -0.3 is 5.32 Å². The van der Waals surface area contributed by atoms with Crippen LogP contribution in [-0.4, -0.2) is 13.1 Å². The van der Waals surface area contributed by atoms with E-state index in [-0.39, 0.29) is 0 Å². The number of rotatable bonds is 5. The molecular formula is C15H21N. The van der Waals surface area contributed by atoms with Gasteiger partial charge in [-0.05, 0) is 55.2 Å². The molecule has 2 saturated carbocycles. The Balaban J connectivity index is 1.40. The minimum atomic E-state index is 0.838. The molecule has 1 aromatic carbocycles. The van der Waals surface area contributed by atoms with Crippen LogP contribution in [0.5, 0.6) is 0 Å². The van der Waals surface area contributed by atoms with E-state index in [1.165, 1.54) is 31.5 Å². The van der Waals surface area contributed by atoms with Gasteiger partial charge in [-0.25, -0.2) is 0 Å². The lowest BCUT2D eigenvalue weighted by molar-refractivity contribution is 0.578. The molecule has 16 heavy (non-hydrogen) atoms. The lowest BCUT2D eigenvalue weighted by Crippen LogP contribution is -2.20. The number of hydrogen-bond acceptors (Lipinski definition) is 1. The van der Waals surface area contributed by atoms with Crippen molar-refractivity contribution in [1.29, 1.82) is 0 Å². The summed E-state index contributed by atoms with van der Waals surface area (Å²) >= 11 is 0. The van der Waals surface area contributed by atoms with Crippen molar-refractivity contribution >= 4 is 0 Å². The van der Waals surface area contributed by atoms with E-state index in [0.717, 1.165) is 23.7 Å². The maximum atomic E-state index is 3.64. The highest BCUT2D eigenvalue weighted by molar-refractivity contribution is 5.25. The topological polar surface area (TPSA) is 12.0 Å². The van der Waals surface area contributed by atoms with Crippen molar-refractivity contribution in [2.75, 3.05) is 13.1 Å². The van der Waals surface area contributed by atoms with Gasteiger partial charge in [0.25, 0.3) is 0 Å². The maximum absolute atomic E-state index is 3.64. The zero-order valence-electron chi connectivity index (χ0n) is 10.0. The first-order valence-corrected chi connectivity index (χ1v) is 6.60. The molecule has 0 aromatic heterocycles. The van der Waals surface area contributed by atoms with Gasteiger partial charge in [0.2, 0.25) is 0 Å². The predicted octanol–water partition coefficient (Wildman–Crippen LogP) is 3.04. The summed E-state index contributed by atoms with van der Waals surface area (Å²) in [6.45, 7) is 4.83. The average molecular weight is 215 g/mol. The van der Waals surface area contributed by atoms with E-state index in [9.17, 15) is 0 Å². The van der Waals surface area contributed by atoms with Gasteiger partial charge in [-0.3, -0.25) is 0 Å². The fourth-order valence-electron chi connectivity index (χ4n) is 2.72. The average Bonchev–Trinajstić information content (AvgIpc) is 3.20. The zero-order chi connectivity index (χ0) is 11.0. The minimum absolute atomic E-state index is 0.838. The van der Waals surface area contributed by atoms with Crippen LogP contribution in [0, 0.1) is 17.8 Å². The Morgan fingerprint density at radius 3 is 2.44 bits per heavy atom. The molecule has 0 radical (unpaired) electrons. The zero-order valence-corrected chi connectivity index (χ0v) is 10.0. The van der Waals surface area contributed by atoms with E-state index in [2.05, 4.69) is 42.6 Å². The van der Waals surface area contributed by atoms with Crippen molar-refractivity contribution in [2.24, 2.45) is 17.8 Å². The largest absolute Gasteiger partial charge is 0.316 e. The van der Waals surface area contributed by atoms with Crippen molar-refractivity contribution in [3.05, 3.63) is 35.9 Å². The van der Waals surface area contributed by atoms with E-state index >= 15 is 0 Å². The first kappa shape index (κ1) is 10.3. The monoisotopic (exact) mass is 215 g/mol. The highest BCUT2D eigenvalue weighted by Crippen LogP contribution is 2.47. The number of hydrogen-bond donors (Lipinski definition) is 1. The molecule has 0 heterocycles. The van der Waals surface area contributed by atoms with Crippen molar-refractivity contribution in [3.8, 4) is 0 Å². The summed E-state index contributed by atoms with van der Waals surface area (Å²) in [6.07, 6.45) is 2.83. The van der Waals surface area contributed by atoms with Crippen LogP contribution >= 0.6 is 0 Å². The van der Waals surface area contributed by atoms with Crippen molar-refractivity contribution in [3.63, 3.8) is 0 Å². The van der Waals surface area contributed by atoms with E-state index in [1.807, 2.05) is 0 Å². The van der Waals surface area contributed by atoms with Crippen LogP contribution in [0.2, 0.25) is 0 Å². The third-order valence-electron chi connectivity index (χ3n) is 4.24. The molecule has 0 bridgehead atoms. The second kappa shape index (κ2) is 4.21. The van der Waals surface area contributed by atoms with Crippen molar-refractivity contribution in [2.45, 2.75) is 25.7 Å². The SMILES string of the molecule is CC1CC1CNCC1CC1c1ccccc1. The fraction of sp³-hybridized carbons (Fsp3) is 0.600. The molecule has 4 unspecified atom stereocenters. The second-order valence-corrected chi connectivity index (χ2v) is 5.64. The van der Waals surface area contributed by atoms with Crippen LogP contribution in [0.1, 0.15) is 31.2 Å². The van der Waals surface area contributed by atoms with Gasteiger partial charge in [0, 0.05) is 0 Å². The van der Waals surface area contributed by atoms with Gasteiger partial charge in [-0.15, -0.1) is 0 Å². The first-order chi connectivity index (χ1) is 7.84. The molecule has 1 heteroatoms. The van der Waals surface area contributed by atoms with Crippen LogP contribution in [0.15, 0.2) is 30.3 Å². The summed E-state index contributed by atoms with van der Waals surface area (Å²) in [5.74, 6) is 3.70. The van der Waals surface area contributed by atoms with Crippen LogP contribution in [0.3, 0.4) is 0 Å². The quantitative estimate of drug-likeness (QED) is 0.796. The van der Waals surface area contributed by atoms with E-state index < -0.39 is 0 Å². The lowest BCUT2D eigenvalue weighted by Gasteiger charge is -2.03. The summed E-state index contributed by atoms with van der Waals surface area (Å²) in [4.78, 5) is 0. The summed E-state index contributed by atoms with van der Waals surface area (Å²) < 4.78 is 0. The fourth-order valence-corrected chi connectivity index (χ4v) is 2.72. The van der Waals surface area contributed by atoms with Crippen LogP contribution in [0.4, 0.5) is 0 Å². The summed E-state index contributed by atoms with van der Waals surface area (Å²) in [5.41, 5.74) is 1.54. The molecule has 2 aliphatic rings. The Bertz CT molecular complexity index is 346. The Hall–Kier alpha value is -0.820. The molecule has 1 aromatic rings. The summed E-state index contributed by atoms with van der Waals surface area (Å²) in [5, 5.41) is 3.64. The van der Waals surface area contributed by atoms with Crippen LogP contribution in [0.25, 0.3) is 0 Å². The molecule has 2 fully saturated rings. The molecule has 1 N–H and O–H groups in total. The van der Waals surface area contributed by atoms with E-state index in [1.54, 1.807) is 0 Å².